The molecule has 0 saturated heterocycles. The molecule has 0 heterocycles. The Morgan fingerprint density at radius 1 is 1.47 bits per heavy atom. The molecule has 0 spiro atoms. The van der Waals surface area contributed by atoms with Crippen LogP contribution in [0.4, 0.5) is 0 Å². The van der Waals surface area contributed by atoms with E-state index >= 15 is 0 Å². The van der Waals surface area contributed by atoms with Crippen LogP contribution in [0.5, 0.6) is 0 Å². The normalized spacial score (nSPS) is 29.1. The predicted octanol–water partition coefficient (Wildman–Crippen LogP) is 1.05. The van der Waals surface area contributed by atoms with Gasteiger partial charge in [0, 0.05) is 12.1 Å². The van der Waals surface area contributed by atoms with Crippen molar-refractivity contribution in [3.8, 4) is 0 Å². The third kappa shape index (κ3) is 3.18. The molecule has 1 fully saturated rings. The van der Waals surface area contributed by atoms with Gasteiger partial charge < -0.3 is 10.8 Å². The number of hydrogen-bond acceptors (Lipinski definition) is 3. The van der Waals surface area contributed by atoms with Gasteiger partial charge in [0.2, 0.25) is 0 Å². The molecule has 15 heavy (non-hydrogen) atoms. The summed E-state index contributed by atoms with van der Waals surface area (Å²) in [7, 11) is 1.92. The molecule has 1 aliphatic rings. The first kappa shape index (κ1) is 12.5. The van der Waals surface area contributed by atoms with Crippen molar-refractivity contribution >= 4 is 5.97 Å². The number of likely N-dealkylation sites (N-methyl/N-ethyl adjacent to an activating group) is 1. The quantitative estimate of drug-likeness (QED) is 0.734. The highest BCUT2D eigenvalue weighted by Gasteiger charge is 2.29. The Kier molecular flexibility index (Phi) is 4.54. The summed E-state index contributed by atoms with van der Waals surface area (Å²) in [5.41, 5.74) is 5.83. The minimum Gasteiger partial charge on any atom is -0.480 e. The van der Waals surface area contributed by atoms with Gasteiger partial charge in [0.05, 0.1) is 0 Å². The van der Waals surface area contributed by atoms with Crippen LogP contribution in [0.15, 0.2) is 0 Å². The summed E-state index contributed by atoms with van der Waals surface area (Å²) in [5, 5.41) is 9.06. The van der Waals surface area contributed by atoms with Gasteiger partial charge >= 0.3 is 5.97 Å². The number of carbonyl (C=O) groups is 1. The minimum absolute atomic E-state index is 0.319. The average Bonchev–Trinajstić information content (AvgIpc) is 2.19. The first-order chi connectivity index (χ1) is 7.06. The Morgan fingerprint density at radius 3 is 2.40 bits per heavy atom. The van der Waals surface area contributed by atoms with Crippen LogP contribution in [0.25, 0.3) is 0 Å². The van der Waals surface area contributed by atoms with Gasteiger partial charge in [0.1, 0.15) is 6.04 Å². The van der Waals surface area contributed by atoms with E-state index in [1.54, 1.807) is 0 Å². The van der Waals surface area contributed by atoms with E-state index in [0.29, 0.717) is 18.5 Å². The summed E-state index contributed by atoms with van der Waals surface area (Å²) in [5.74, 6) is -0.713. The van der Waals surface area contributed by atoms with E-state index in [4.69, 9.17) is 10.8 Å². The van der Waals surface area contributed by atoms with Crippen molar-refractivity contribution in [2.24, 2.45) is 5.73 Å². The Hall–Kier alpha value is -0.610. The molecule has 1 atom stereocenters. The SMILES string of the molecule is CCC(C(=O)O)N(C)C1CCC(N)CC1. The van der Waals surface area contributed by atoms with E-state index in [9.17, 15) is 4.79 Å². The van der Waals surface area contributed by atoms with E-state index in [0.717, 1.165) is 25.7 Å². The number of carboxylic acids is 1. The molecule has 1 rings (SSSR count). The minimum atomic E-state index is -0.713. The maximum absolute atomic E-state index is 11.0. The fraction of sp³-hybridized carbons (Fsp3) is 0.909. The topological polar surface area (TPSA) is 66.6 Å². The Morgan fingerprint density at radius 2 is 2.00 bits per heavy atom. The van der Waals surface area contributed by atoms with Crippen LogP contribution in [0.1, 0.15) is 39.0 Å². The summed E-state index contributed by atoms with van der Waals surface area (Å²) >= 11 is 0. The molecule has 4 heteroatoms. The molecule has 0 amide bonds. The first-order valence-electron chi connectivity index (χ1n) is 5.76. The van der Waals surface area contributed by atoms with E-state index in [1.807, 2.05) is 18.9 Å². The van der Waals surface area contributed by atoms with E-state index in [2.05, 4.69) is 0 Å². The molecule has 0 aromatic carbocycles. The van der Waals surface area contributed by atoms with Crippen LogP contribution >= 0.6 is 0 Å². The zero-order valence-electron chi connectivity index (χ0n) is 9.65. The molecular weight excluding hydrogens is 192 g/mol. The van der Waals surface area contributed by atoms with Crippen LogP contribution in [-0.4, -0.2) is 41.1 Å². The van der Waals surface area contributed by atoms with Crippen LogP contribution in [0.3, 0.4) is 0 Å². The smallest absolute Gasteiger partial charge is 0.320 e. The summed E-state index contributed by atoms with van der Waals surface area (Å²) in [6.45, 7) is 1.92. The van der Waals surface area contributed by atoms with Gasteiger partial charge in [-0.25, -0.2) is 0 Å². The fourth-order valence-corrected chi connectivity index (χ4v) is 2.40. The second-order valence-corrected chi connectivity index (χ2v) is 4.50. The van der Waals surface area contributed by atoms with Gasteiger partial charge in [-0.3, -0.25) is 9.69 Å². The fourth-order valence-electron chi connectivity index (χ4n) is 2.40. The Balaban J connectivity index is 2.51. The monoisotopic (exact) mass is 214 g/mol. The molecule has 88 valence electrons. The zero-order valence-corrected chi connectivity index (χ0v) is 9.65. The van der Waals surface area contributed by atoms with Gasteiger partial charge in [-0.05, 0) is 39.2 Å². The van der Waals surface area contributed by atoms with Crippen molar-refractivity contribution in [2.45, 2.75) is 57.2 Å². The molecule has 0 aromatic rings. The lowest BCUT2D eigenvalue weighted by atomic mass is 9.90. The largest absolute Gasteiger partial charge is 0.480 e. The van der Waals surface area contributed by atoms with Crippen molar-refractivity contribution < 1.29 is 9.90 Å². The molecule has 0 aromatic heterocycles. The standard InChI is InChI=1S/C11H22N2O2/c1-3-10(11(14)15)13(2)9-6-4-8(12)5-7-9/h8-10H,3-7,12H2,1-2H3,(H,14,15). The van der Waals surface area contributed by atoms with Gasteiger partial charge in [-0.15, -0.1) is 0 Å². The lowest BCUT2D eigenvalue weighted by Crippen LogP contribution is -2.47. The second kappa shape index (κ2) is 5.47. The molecular formula is C11H22N2O2. The number of nitrogens with two attached hydrogens (primary N) is 1. The number of hydrogen-bond donors (Lipinski definition) is 2. The van der Waals surface area contributed by atoms with Crippen LogP contribution in [0.2, 0.25) is 0 Å². The summed E-state index contributed by atoms with van der Waals surface area (Å²) in [4.78, 5) is 13.0. The van der Waals surface area contributed by atoms with Crippen molar-refractivity contribution in [1.82, 2.24) is 4.90 Å². The van der Waals surface area contributed by atoms with E-state index < -0.39 is 5.97 Å². The first-order valence-corrected chi connectivity index (χ1v) is 5.76. The van der Waals surface area contributed by atoms with Gasteiger partial charge in [-0.2, -0.15) is 0 Å². The number of rotatable bonds is 4. The van der Waals surface area contributed by atoms with E-state index in [1.165, 1.54) is 0 Å². The summed E-state index contributed by atoms with van der Waals surface area (Å²) < 4.78 is 0. The predicted molar refractivity (Wildman–Crippen MR) is 59.7 cm³/mol. The lowest BCUT2D eigenvalue weighted by Gasteiger charge is -2.36. The summed E-state index contributed by atoms with van der Waals surface area (Å²) in [6.07, 6.45) is 4.76. The van der Waals surface area contributed by atoms with E-state index in [-0.39, 0.29) is 6.04 Å². The Labute approximate surface area is 91.4 Å². The number of carboxylic acid groups (broad SMARTS) is 1. The van der Waals surface area contributed by atoms with Gasteiger partial charge in [0.15, 0.2) is 0 Å². The third-order valence-corrected chi connectivity index (χ3v) is 3.48. The highest BCUT2D eigenvalue weighted by atomic mass is 16.4. The maximum Gasteiger partial charge on any atom is 0.320 e. The molecule has 1 aliphatic carbocycles. The molecule has 0 bridgehead atoms. The zero-order chi connectivity index (χ0) is 11.4. The van der Waals surface area contributed by atoms with Crippen molar-refractivity contribution in [2.75, 3.05) is 7.05 Å². The van der Waals surface area contributed by atoms with Crippen LogP contribution in [-0.2, 0) is 4.79 Å². The van der Waals surface area contributed by atoms with Crippen molar-refractivity contribution in [3.63, 3.8) is 0 Å². The molecule has 1 unspecified atom stereocenters. The van der Waals surface area contributed by atoms with Crippen molar-refractivity contribution in [3.05, 3.63) is 0 Å². The molecule has 3 N–H and O–H groups in total. The molecule has 4 nitrogen and oxygen atoms in total. The summed E-state index contributed by atoms with van der Waals surface area (Å²) in [6, 6.07) is 0.370. The van der Waals surface area contributed by atoms with Gasteiger partial charge in [-0.1, -0.05) is 6.92 Å². The third-order valence-electron chi connectivity index (χ3n) is 3.48. The highest BCUT2D eigenvalue weighted by molar-refractivity contribution is 5.73. The van der Waals surface area contributed by atoms with Crippen LogP contribution in [0, 0.1) is 0 Å². The lowest BCUT2D eigenvalue weighted by molar-refractivity contribution is -0.144. The Bertz CT molecular complexity index is 213. The molecule has 0 aliphatic heterocycles. The number of nitrogens with zero attached hydrogens (tertiary/aromatic N) is 1. The molecule has 0 radical (unpaired) electrons. The van der Waals surface area contributed by atoms with Crippen LogP contribution < -0.4 is 5.73 Å². The second-order valence-electron chi connectivity index (χ2n) is 4.50. The number of aliphatic carboxylic acids is 1. The highest BCUT2D eigenvalue weighted by Crippen LogP contribution is 2.23. The van der Waals surface area contributed by atoms with Gasteiger partial charge in [0.25, 0.3) is 0 Å². The molecule has 1 saturated carbocycles. The maximum atomic E-state index is 11.0. The van der Waals surface area contributed by atoms with Crippen molar-refractivity contribution in [1.29, 1.82) is 0 Å². The average molecular weight is 214 g/mol.